The van der Waals surface area contributed by atoms with Crippen molar-refractivity contribution in [1.82, 2.24) is 4.90 Å². The van der Waals surface area contributed by atoms with Crippen molar-refractivity contribution in [3.05, 3.63) is 75.4 Å². The number of amides is 2. The molecule has 1 aliphatic heterocycles. The number of benzene rings is 2. The molecule has 2 amide bonds. The lowest BCUT2D eigenvalue weighted by Gasteiger charge is -2.25. The van der Waals surface area contributed by atoms with Gasteiger partial charge >= 0.3 is 0 Å². The lowest BCUT2D eigenvalue weighted by Crippen LogP contribution is -2.31. The molecule has 3 aromatic rings. The van der Waals surface area contributed by atoms with E-state index in [4.69, 9.17) is 19.6 Å². The number of ether oxygens (including phenoxy) is 2. The van der Waals surface area contributed by atoms with Crippen LogP contribution in [0.3, 0.4) is 0 Å². The normalized spacial score (nSPS) is 15.2. The van der Waals surface area contributed by atoms with Crippen molar-refractivity contribution in [3.8, 4) is 5.75 Å². The summed E-state index contributed by atoms with van der Waals surface area (Å²) in [6, 6.07) is 9.58. The van der Waals surface area contributed by atoms with Gasteiger partial charge in [-0.1, -0.05) is 12.1 Å². The smallest absolute Gasteiger partial charge is 0.290 e. The monoisotopic (exact) mass is 468 g/mol. The SMILES string of the molecule is CC(C)OCCCN1C(=O)c2oc3ccc(F)cc3c(=O)c2[C@H]1c1ccc(OCC(N)=O)cc1. The van der Waals surface area contributed by atoms with Gasteiger partial charge in [0.1, 0.15) is 17.1 Å². The van der Waals surface area contributed by atoms with Gasteiger partial charge in [0.25, 0.3) is 11.8 Å². The van der Waals surface area contributed by atoms with Crippen LogP contribution in [0.15, 0.2) is 51.7 Å². The van der Waals surface area contributed by atoms with Crippen LogP contribution in [0.2, 0.25) is 0 Å². The van der Waals surface area contributed by atoms with Crippen LogP contribution >= 0.6 is 0 Å². The maximum Gasteiger partial charge on any atom is 0.290 e. The molecule has 0 unspecified atom stereocenters. The van der Waals surface area contributed by atoms with Crippen molar-refractivity contribution < 1.29 is 27.9 Å². The zero-order valence-electron chi connectivity index (χ0n) is 18.9. The summed E-state index contributed by atoms with van der Waals surface area (Å²) in [5, 5.41) is 0.0722. The van der Waals surface area contributed by atoms with Gasteiger partial charge in [-0.15, -0.1) is 0 Å². The van der Waals surface area contributed by atoms with Gasteiger partial charge in [0, 0.05) is 13.2 Å². The average molecular weight is 468 g/mol. The predicted molar refractivity (Wildman–Crippen MR) is 122 cm³/mol. The van der Waals surface area contributed by atoms with E-state index in [0.29, 0.717) is 30.9 Å². The molecule has 34 heavy (non-hydrogen) atoms. The third-order valence-electron chi connectivity index (χ3n) is 5.50. The first-order chi connectivity index (χ1) is 16.3. The number of fused-ring (bicyclic) bond motifs is 2. The Bertz CT molecular complexity index is 1290. The van der Waals surface area contributed by atoms with Crippen LogP contribution in [-0.2, 0) is 9.53 Å². The van der Waals surface area contributed by atoms with E-state index in [1.807, 2.05) is 13.8 Å². The maximum absolute atomic E-state index is 13.9. The lowest BCUT2D eigenvalue weighted by molar-refractivity contribution is -0.119. The summed E-state index contributed by atoms with van der Waals surface area (Å²) >= 11 is 0. The van der Waals surface area contributed by atoms with Gasteiger partial charge in [-0.2, -0.15) is 0 Å². The Balaban J connectivity index is 1.75. The second-order valence-corrected chi connectivity index (χ2v) is 8.31. The Morgan fingerprint density at radius 3 is 2.59 bits per heavy atom. The molecule has 2 heterocycles. The fourth-order valence-corrected chi connectivity index (χ4v) is 4.02. The minimum Gasteiger partial charge on any atom is -0.484 e. The summed E-state index contributed by atoms with van der Waals surface area (Å²) in [4.78, 5) is 39.3. The summed E-state index contributed by atoms with van der Waals surface area (Å²) in [7, 11) is 0. The topological polar surface area (TPSA) is 112 Å². The number of primary amides is 1. The van der Waals surface area contributed by atoms with Gasteiger partial charge < -0.3 is 24.5 Å². The summed E-state index contributed by atoms with van der Waals surface area (Å²) in [6.45, 7) is 4.35. The van der Waals surface area contributed by atoms with Gasteiger partial charge in [-0.05, 0) is 56.2 Å². The lowest BCUT2D eigenvalue weighted by atomic mass is 9.98. The first-order valence-electron chi connectivity index (χ1n) is 11.0. The summed E-state index contributed by atoms with van der Waals surface area (Å²) < 4.78 is 30.6. The van der Waals surface area contributed by atoms with E-state index in [1.54, 1.807) is 29.2 Å². The van der Waals surface area contributed by atoms with Gasteiger partial charge in [-0.25, -0.2) is 4.39 Å². The Kier molecular flexibility index (Phi) is 6.65. The first kappa shape index (κ1) is 23.4. The Morgan fingerprint density at radius 2 is 1.91 bits per heavy atom. The molecule has 2 N–H and O–H groups in total. The van der Waals surface area contributed by atoms with Crippen molar-refractivity contribution in [2.75, 3.05) is 19.8 Å². The Labute approximate surface area is 195 Å². The third-order valence-corrected chi connectivity index (χ3v) is 5.50. The van der Waals surface area contributed by atoms with Crippen LogP contribution in [0.5, 0.6) is 5.75 Å². The van der Waals surface area contributed by atoms with Crippen LogP contribution in [0.4, 0.5) is 4.39 Å². The van der Waals surface area contributed by atoms with E-state index < -0.39 is 29.1 Å². The van der Waals surface area contributed by atoms with Crippen molar-refractivity contribution in [1.29, 1.82) is 0 Å². The zero-order valence-corrected chi connectivity index (χ0v) is 18.9. The molecule has 1 atom stereocenters. The number of carbonyl (C=O) groups is 2. The van der Waals surface area contributed by atoms with Gasteiger partial charge in [-0.3, -0.25) is 14.4 Å². The highest BCUT2D eigenvalue weighted by molar-refractivity contribution is 5.99. The van der Waals surface area contributed by atoms with E-state index in [1.165, 1.54) is 12.1 Å². The molecule has 0 spiro atoms. The van der Waals surface area contributed by atoms with E-state index in [9.17, 15) is 18.8 Å². The van der Waals surface area contributed by atoms with E-state index in [2.05, 4.69) is 0 Å². The van der Waals surface area contributed by atoms with Gasteiger partial charge in [0.05, 0.1) is 23.1 Å². The quantitative estimate of drug-likeness (QED) is 0.483. The third kappa shape index (κ3) is 4.65. The van der Waals surface area contributed by atoms with E-state index in [-0.39, 0.29) is 35.0 Å². The largest absolute Gasteiger partial charge is 0.484 e. The Morgan fingerprint density at radius 1 is 1.18 bits per heavy atom. The zero-order chi connectivity index (χ0) is 24.4. The highest BCUT2D eigenvalue weighted by Crippen LogP contribution is 2.38. The average Bonchev–Trinajstić information content (AvgIpc) is 3.08. The van der Waals surface area contributed by atoms with Crippen molar-refractivity contribution in [2.24, 2.45) is 5.73 Å². The molecule has 9 heteroatoms. The molecule has 0 bridgehead atoms. The fourth-order valence-electron chi connectivity index (χ4n) is 4.02. The molecule has 0 fully saturated rings. The molecular weight excluding hydrogens is 443 g/mol. The molecule has 0 saturated carbocycles. The minimum absolute atomic E-state index is 0.0482. The highest BCUT2D eigenvalue weighted by atomic mass is 19.1. The maximum atomic E-state index is 13.9. The second-order valence-electron chi connectivity index (χ2n) is 8.31. The molecule has 1 aliphatic rings. The molecular formula is C25H25FN2O6. The Hall–Kier alpha value is -3.72. The molecule has 0 aliphatic carbocycles. The van der Waals surface area contributed by atoms with Gasteiger partial charge in [0.2, 0.25) is 5.76 Å². The predicted octanol–water partition coefficient (Wildman–Crippen LogP) is 3.16. The van der Waals surface area contributed by atoms with Crippen molar-refractivity contribution in [3.63, 3.8) is 0 Å². The molecule has 8 nitrogen and oxygen atoms in total. The van der Waals surface area contributed by atoms with Crippen molar-refractivity contribution >= 4 is 22.8 Å². The van der Waals surface area contributed by atoms with E-state index in [0.717, 1.165) is 6.07 Å². The van der Waals surface area contributed by atoms with Crippen molar-refractivity contribution in [2.45, 2.75) is 32.4 Å². The van der Waals surface area contributed by atoms with Crippen LogP contribution in [0.25, 0.3) is 11.0 Å². The molecule has 4 rings (SSSR count). The molecule has 178 valence electrons. The second kappa shape index (κ2) is 9.64. The molecule has 1 aromatic heterocycles. The first-order valence-corrected chi connectivity index (χ1v) is 11.0. The van der Waals surface area contributed by atoms with Crippen LogP contribution < -0.4 is 15.9 Å². The molecule has 0 saturated heterocycles. The summed E-state index contributed by atoms with van der Waals surface area (Å²) in [5.74, 6) is -1.23. The molecule has 0 radical (unpaired) electrons. The summed E-state index contributed by atoms with van der Waals surface area (Å²) in [5.41, 5.74) is 5.62. The van der Waals surface area contributed by atoms with Crippen LogP contribution in [-0.4, -0.2) is 42.6 Å². The van der Waals surface area contributed by atoms with Gasteiger partial charge in [0.15, 0.2) is 12.0 Å². The number of carbonyl (C=O) groups excluding carboxylic acids is 2. The highest BCUT2D eigenvalue weighted by Gasteiger charge is 2.42. The fraction of sp³-hybridized carbons (Fsp3) is 0.320. The number of nitrogens with two attached hydrogens (primary N) is 1. The van der Waals surface area contributed by atoms with E-state index >= 15 is 0 Å². The number of halogens is 1. The minimum atomic E-state index is -0.726. The summed E-state index contributed by atoms with van der Waals surface area (Å²) in [6.07, 6.45) is 0.606. The number of rotatable bonds is 9. The number of hydrogen-bond donors (Lipinski definition) is 1. The number of nitrogens with zero attached hydrogens (tertiary/aromatic N) is 1. The standard InChI is InChI=1S/C25H25FN2O6/c1-14(2)32-11-3-10-28-22(15-4-7-17(8-5-15)33-13-20(27)29)21-23(30)18-12-16(26)6-9-19(18)34-24(21)25(28)31/h4-9,12,14,22H,3,10-11,13H2,1-2H3,(H2,27,29)/t22-/m1/s1. The van der Waals surface area contributed by atoms with Crippen LogP contribution in [0, 0.1) is 5.82 Å². The van der Waals surface area contributed by atoms with Crippen LogP contribution in [0.1, 0.15) is 48.0 Å². The molecule has 2 aromatic carbocycles. The number of hydrogen-bond acceptors (Lipinski definition) is 6.